The maximum absolute atomic E-state index is 11.8. The minimum absolute atomic E-state index is 0.0577. The van der Waals surface area contributed by atoms with Crippen molar-refractivity contribution >= 4 is 0 Å². The first-order chi connectivity index (χ1) is 9.48. The van der Waals surface area contributed by atoms with Gasteiger partial charge >= 0.3 is 6.18 Å². The molecule has 0 saturated carbocycles. The predicted octanol–water partition coefficient (Wildman–Crippen LogP) is 1.16. The maximum atomic E-state index is 11.8. The smallest absolute Gasteiger partial charge is 0.411 e. The number of methoxy groups -OCH3 is 2. The van der Waals surface area contributed by atoms with Crippen molar-refractivity contribution in [3.63, 3.8) is 0 Å². The second-order valence-electron chi connectivity index (χ2n) is 3.72. The first-order valence-corrected chi connectivity index (χ1v) is 5.75. The van der Waals surface area contributed by atoms with Gasteiger partial charge in [-0.25, -0.2) is 9.97 Å². The van der Waals surface area contributed by atoms with Gasteiger partial charge in [0.1, 0.15) is 12.9 Å². The minimum Gasteiger partial charge on any atom is -0.481 e. The molecule has 0 atom stereocenters. The zero-order valence-corrected chi connectivity index (χ0v) is 11.2. The average Bonchev–Trinajstić information content (AvgIpc) is 2.41. The maximum Gasteiger partial charge on any atom is 0.411 e. The van der Waals surface area contributed by atoms with Crippen LogP contribution in [-0.4, -0.2) is 50.1 Å². The molecular formula is C11H16F3N3O3. The van der Waals surface area contributed by atoms with Gasteiger partial charge in [-0.2, -0.15) is 13.2 Å². The van der Waals surface area contributed by atoms with E-state index in [4.69, 9.17) is 9.47 Å². The highest BCUT2D eigenvalue weighted by Gasteiger charge is 2.27. The normalized spacial score (nSPS) is 11.4. The highest BCUT2D eigenvalue weighted by Crippen LogP contribution is 2.22. The second kappa shape index (κ2) is 7.85. The van der Waals surface area contributed by atoms with E-state index < -0.39 is 12.8 Å². The topological polar surface area (TPSA) is 65.5 Å². The van der Waals surface area contributed by atoms with Gasteiger partial charge in [-0.05, 0) is 0 Å². The summed E-state index contributed by atoms with van der Waals surface area (Å²) < 4.78 is 50.1. The molecule has 0 aliphatic rings. The van der Waals surface area contributed by atoms with Crippen LogP contribution in [-0.2, 0) is 11.3 Å². The van der Waals surface area contributed by atoms with Crippen LogP contribution in [0, 0.1) is 0 Å². The van der Waals surface area contributed by atoms with Crippen LogP contribution in [0.25, 0.3) is 0 Å². The molecule has 1 rings (SSSR count). The van der Waals surface area contributed by atoms with E-state index in [0.717, 1.165) is 0 Å². The first kappa shape index (κ1) is 16.4. The molecule has 6 nitrogen and oxygen atoms in total. The second-order valence-corrected chi connectivity index (χ2v) is 3.72. The summed E-state index contributed by atoms with van der Waals surface area (Å²) in [4.78, 5) is 7.84. The molecule has 0 aromatic carbocycles. The van der Waals surface area contributed by atoms with E-state index >= 15 is 0 Å². The number of halogens is 3. The molecule has 0 radical (unpaired) electrons. The molecule has 1 aromatic heterocycles. The molecule has 1 heterocycles. The lowest BCUT2D eigenvalue weighted by Gasteiger charge is -2.12. The summed E-state index contributed by atoms with van der Waals surface area (Å²) in [5, 5.41) is 2.91. The molecule has 0 aliphatic heterocycles. The zero-order chi connectivity index (χ0) is 15.0. The number of ether oxygens (including phenoxy) is 3. The van der Waals surface area contributed by atoms with Gasteiger partial charge in [-0.15, -0.1) is 0 Å². The summed E-state index contributed by atoms with van der Waals surface area (Å²) in [6.45, 7) is -0.770. The summed E-state index contributed by atoms with van der Waals surface area (Å²) >= 11 is 0. The summed E-state index contributed by atoms with van der Waals surface area (Å²) in [5.41, 5.74) is 0.591. The van der Waals surface area contributed by atoms with E-state index in [1.54, 1.807) is 0 Å². The standard InChI is InChI=1S/C11H16F3N3O3/c1-18-9-8(10(19-2)17-7-16-9)5-15-3-4-20-6-11(12,13)14/h7,15H,3-6H2,1-2H3. The van der Waals surface area contributed by atoms with Gasteiger partial charge in [0, 0.05) is 13.1 Å². The van der Waals surface area contributed by atoms with Crippen molar-refractivity contribution in [3.05, 3.63) is 11.9 Å². The van der Waals surface area contributed by atoms with E-state index in [0.29, 0.717) is 23.9 Å². The Labute approximate surface area is 114 Å². The third kappa shape index (κ3) is 5.57. The van der Waals surface area contributed by atoms with E-state index in [1.165, 1.54) is 20.5 Å². The van der Waals surface area contributed by atoms with Crippen LogP contribution < -0.4 is 14.8 Å². The van der Waals surface area contributed by atoms with E-state index in [2.05, 4.69) is 20.0 Å². The molecule has 0 saturated heterocycles. The van der Waals surface area contributed by atoms with Gasteiger partial charge in [0.2, 0.25) is 11.8 Å². The van der Waals surface area contributed by atoms with Crippen molar-refractivity contribution in [1.29, 1.82) is 0 Å². The summed E-state index contributed by atoms with van der Waals surface area (Å²) in [5.74, 6) is 0.695. The van der Waals surface area contributed by atoms with Gasteiger partial charge in [-0.1, -0.05) is 0 Å². The Balaban J connectivity index is 2.38. The molecule has 9 heteroatoms. The van der Waals surface area contributed by atoms with Crippen molar-refractivity contribution in [2.24, 2.45) is 0 Å². The first-order valence-electron chi connectivity index (χ1n) is 5.75. The number of nitrogens with one attached hydrogen (secondary N) is 1. The van der Waals surface area contributed by atoms with E-state index in [-0.39, 0.29) is 13.2 Å². The third-order valence-corrected chi connectivity index (χ3v) is 2.24. The number of hydrogen-bond donors (Lipinski definition) is 1. The Bertz CT molecular complexity index is 393. The molecule has 0 spiro atoms. The highest BCUT2D eigenvalue weighted by atomic mass is 19.4. The lowest BCUT2D eigenvalue weighted by atomic mass is 10.3. The van der Waals surface area contributed by atoms with Crippen molar-refractivity contribution in [2.75, 3.05) is 34.0 Å². The monoisotopic (exact) mass is 295 g/mol. The molecule has 0 amide bonds. The molecule has 1 aromatic rings. The summed E-state index contributed by atoms with van der Waals surface area (Å²) in [6.07, 6.45) is -3.01. The zero-order valence-electron chi connectivity index (χ0n) is 11.2. The molecule has 0 bridgehead atoms. The molecule has 0 unspecified atom stereocenters. The number of alkyl halides is 3. The van der Waals surface area contributed by atoms with Crippen LogP contribution in [0.3, 0.4) is 0 Å². The molecule has 114 valence electrons. The van der Waals surface area contributed by atoms with Crippen LogP contribution in [0.5, 0.6) is 11.8 Å². The highest BCUT2D eigenvalue weighted by molar-refractivity contribution is 5.34. The Hall–Kier alpha value is -1.61. The molecule has 0 fully saturated rings. The van der Waals surface area contributed by atoms with Crippen molar-refractivity contribution < 1.29 is 27.4 Å². The van der Waals surface area contributed by atoms with Crippen molar-refractivity contribution in [2.45, 2.75) is 12.7 Å². The molecular weight excluding hydrogens is 279 g/mol. The Morgan fingerprint density at radius 2 is 1.75 bits per heavy atom. The Morgan fingerprint density at radius 3 is 2.25 bits per heavy atom. The molecule has 20 heavy (non-hydrogen) atoms. The molecule has 0 aliphatic carbocycles. The Kier molecular flexibility index (Phi) is 6.46. The summed E-state index contributed by atoms with van der Waals surface area (Å²) in [6, 6.07) is 0. The van der Waals surface area contributed by atoms with Crippen LogP contribution in [0.15, 0.2) is 6.33 Å². The van der Waals surface area contributed by atoms with Gasteiger partial charge in [0.05, 0.1) is 26.4 Å². The number of rotatable bonds is 8. The summed E-state index contributed by atoms with van der Waals surface area (Å²) in [7, 11) is 2.91. The number of nitrogens with zero attached hydrogens (tertiary/aromatic N) is 2. The van der Waals surface area contributed by atoms with Gasteiger partial charge < -0.3 is 19.5 Å². The van der Waals surface area contributed by atoms with Crippen LogP contribution in [0.4, 0.5) is 13.2 Å². The van der Waals surface area contributed by atoms with E-state index in [9.17, 15) is 13.2 Å². The van der Waals surface area contributed by atoms with Gasteiger partial charge in [-0.3, -0.25) is 0 Å². The van der Waals surface area contributed by atoms with E-state index in [1.807, 2.05) is 0 Å². The fourth-order valence-electron chi connectivity index (χ4n) is 1.43. The lowest BCUT2D eigenvalue weighted by molar-refractivity contribution is -0.173. The van der Waals surface area contributed by atoms with Crippen molar-refractivity contribution in [3.8, 4) is 11.8 Å². The molecule has 1 N–H and O–H groups in total. The number of hydrogen-bond acceptors (Lipinski definition) is 6. The van der Waals surface area contributed by atoms with Crippen LogP contribution in [0.2, 0.25) is 0 Å². The van der Waals surface area contributed by atoms with Crippen LogP contribution >= 0.6 is 0 Å². The van der Waals surface area contributed by atoms with Gasteiger partial charge in [0.25, 0.3) is 0 Å². The Morgan fingerprint density at radius 1 is 1.15 bits per heavy atom. The lowest BCUT2D eigenvalue weighted by Crippen LogP contribution is -2.24. The third-order valence-electron chi connectivity index (χ3n) is 2.24. The SMILES string of the molecule is COc1ncnc(OC)c1CNCCOCC(F)(F)F. The number of aromatic nitrogens is 2. The predicted molar refractivity (Wildman–Crippen MR) is 63.7 cm³/mol. The van der Waals surface area contributed by atoms with Crippen molar-refractivity contribution in [1.82, 2.24) is 15.3 Å². The van der Waals surface area contributed by atoms with Gasteiger partial charge in [0.15, 0.2) is 0 Å². The largest absolute Gasteiger partial charge is 0.481 e. The fourth-order valence-corrected chi connectivity index (χ4v) is 1.43. The fraction of sp³-hybridized carbons (Fsp3) is 0.636. The minimum atomic E-state index is -4.31. The van der Waals surface area contributed by atoms with Crippen LogP contribution in [0.1, 0.15) is 5.56 Å². The quantitative estimate of drug-likeness (QED) is 0.726. The average molecular weight is 295 g/mol.